The van der Waals surface area contributed by atoms with E-state index in [1.54, 1.807) is 11.9 Å². The second-order valence-electron chi connectivity index (χ2n) is 4.63. The molecular weight excluding hydrogens is 286 g/mol. The number of nitro groups is 1. The highest BCUT2D eigenvalue weighted by molar-refractivity contribution is 5.53. The van der Waals surface area contributed by atoms with Crippen molar-refractivity contribution in [1.82, 2.24) is 9.97 Å². The lowest BCUT2D eigenvalue weighted by Gasteiger charge is -2.17. The fraction of sp³-hybridized carbons (Fsp3) is 0.286. The zero-order chi connectivity index (χ0) is 15.9. The lowest BCUT2D eigenvalue weighted by Crippen LogP contribution is -2.23. The average molecular weight is 303 g/mol. The first-order valence-electron chi connectivity index (χ1n) is 6.74. The third-order valence-corrected chi connectivity index (χ3v) is 2.97. The number of aromatic nitrogens is 2. The number of rotatable bonds is 7. The molecule has 8 nitrogen and oxygen atoms in total. The maximum Gasteiger partial charge on any atom is 0.329 e. The quantitative estimate of drug-likeness (QED) is 0.472. The van der Waals surface area contributed by atoms with Gasteiger partial charge in [0.25, 0.3) is 0 Å². The predicted octanol–water partition coefficient (Wildman–Crippen LogP) is 1.87. The molecule has 0 aliphatic heterocycles. The van der Waals surface area contributed by atoms with Crippen LogP contribution in [0.4, 0.5) is 17.5 Å². The first kappa shape index (κ1) is 15.5. The Labute approximate surface area is 127 Å². The Morgan fingerprint density at radius 2 is 2.09 bits per heavy atom. The Bertz CT molecular complexity index is 636. The maximum absolute atomic E-state index is 10.7. The van der Waals surface area contributed by atoms with Crippen LogP contribution in [-0.2, 0) is 0 Å². The largest absolute Gasteiger partial charge is 0.494 e. The summed E-state index contributed by atoms with van der Waals surface area (Å²) in [6, 6.07) is 9.54. The van der Waals surface area contributed by atoms with Crippen LogP contribution in [0, 0.1) is 10.1 Å². The van der Waals surface area contributed by atoms with Crippen LogP contribution in [0.5, 0.6) is 5.75 Å². The standard InChI is InChI=1S/C14H17N5O3/c1-18(8-5-9-22-11-6-3-2-4-7-11)14-16-10-12(19(20)21)13(15)17-14/h2-4,6-7,10H,5,8-9H2,1H3,(H2,15,16,17). The Kier molecular flexibility index (Phi) is 5.07. The van der Waals surface area contributed by atoms with E-state index < -0.39 is 4.92 Å². The Hall–Kier alpha value is -2.90. The summed E-state index contributed by atoms with van der Waals surface area (Å²) in [6.07, 6.45) is 1.88. The zero-order valence-electron chi connectivity index (χ0n) is 12.2. The molecule has 0 saturated heterocycles. The van der Waals surface area contributed by atoms with Crippen molar-refractivity contribution in [3.8, 4) is 5.75 Å². The van der Waals surface area contributed by atoms with Crippen LogP contribution in [-0.4, -0.2) is 35.1 Å². The van der Waals surface area contributed by atoms with Crippen molar-refractivity contribution in [3.05, 3.63) is 46.6 Å². The smallest absolute Gasteiger partial charge is 0.329 e. The van der Waals surface area contributed by atoms with Crippen LogP contribution >= 0.6 is 0 Å². The molecule has 2 N–H and O–H groups in total. The molecule has 0 bridgehead atoms. The number of hydrogen-bond acceptors (Lipinski definition) is 7. The lowest BCUT2D eigenvalue weighted by atomic mass is 10.3. The maximum atomic E-state index is 10.7. The van der Waals surface area contributed by atoms with E-state index in [9.17, 15) is 10.1 Å². The number of nitrogens with two attached hydrogens (primary N) is 1. The lowest BCUT2D eigenvalue weighted by molar-refractivity contribution is -0.384. The molecule has 22 heavy (non-hydrogen) atoms. The second kappa shape index (κ2) is 7.21. The molecule has 0 aliphatic carbocycles. The normalized spacial score (nSPS) is 10.2. The Balaban J connectivity index is 1.83. The summed E-state index contributed by atoms with van der Waals surface area (Å²) in [5.74, 6) is 1.03. The van der Waals surface area contributed by atoms with Gasteiger partial charge in [-0.05, 0) is 18.6 Å². The molecule has 0 amide bonds. The van der Waals surface area contributed by atoms with Crippen molar-refractivity contribution in [2.75, 3.05) is 30.8 Å². The highest BCUT2D eigenvalue weighted by atomic mass is 16.6. The number of benzene rings is 1. The first-order chi connectivity index (χ1) is 10.6. The molecule has 1 aromatic carbocycles. The summed E-state index contributed by atoms with van der Waals surface area (Å²) in [5, 5.41) is 10.7. The van der Waals surface area contributed by atoms with Crippen LogP contribution in [0.2, 0.25) is 0 Å². The van der Waals surface area contributed by atoms with E-state index in [-0.39, 0.29) is 11.5 Å². The number of anilines is 2. The van der Waals surface area contributed by atoms with Gasteiger partial charge in [0.05, 0.1) is 11.5 Å². The van der Waals surface area contributed by atoms with Crippen molar-refractivity contribution in [1.29, 1.82) is 0 Å². The van der Waals surface area contributed by atoms with Crippen molar-refractivity contribution in [2.45, 2.75) is 6.42 Å². The van der Waals surface area contributed by atoms with Gasteiger partial charge in [0.1, 0.15) is 11.9 Å². The molecule has 0 fully saturated rings. The van der Waals surface area contributed by atoms with E-state index in [0.717, 1.165) is 18.4 Å². The van der Waals surface area contributed by atoms with Crippen LogP contribution in [0.3, 0.4) is 0 Å². The molecule has 1 heterocycles. The Morgan fingerprint density at radius 1 is 1.36 bits per heavy atom. The van der Waals surface area contributed by atoms with Gasteiger partial charge in [0.2, 0.25) is 11.8 Å². The minimum atomic E-state index is -0.604. The van der Waals surface area contributed by atoms with Gasteiger partial charge in [-0.2, -0.15) is 4.98 Å². The summed E-state index contributed by atoms with van der Waals surface area (Å²) in [6.45, 7) is 1.20. The summed E-state index contributed by atoms with van der Waals surface area (Å²) in [7, 11) is 1.79. The molecule has 1 aromatic heterocycles. The molecule has 0 unspecified atom stereocenters. The topological polar surface area (TPSA) is 107 Å². The third-order valence-electron chi connectivity index (χ3n) is 2.97. The average Bonchev–Trinajstić information content (AvgIpc) is 2.52. The SMILES string of the molecule is CN(CCCOc1ccccc1)c1ncc([N+](=O)[O-])c(N)n1. The molecule has 0 radical (unpaired) electrons. The van der Waals surface area contributed by atoms with Gasteiger partial charge in [-0.1, -0.05) is 18.2 Å². The summed E-state index contributed by atoms with van der Waals surface area (Å²) in [5.41, 5.74) is 5.26. The van der Waals surface area contributed by atoms with Gasteiger partial charge in [-0.25, -0.2) is 4.98 Å². The Morgan fingerprint density at radius 3 is 2.73 bits per heavy atom. The van der Waals surface area contributed by atoms with Gasteiger partial charge in [-0.15, -0.1) is 0 Å². The van der Waals surface area contributed by atoms with Gasteiger partial charge in [-0.3, -0.25) is 10.1 Å². The molecule has 116 valence electrons. The third kappa shape index (κ3) is 4.05. The van der Waals surface area contributed by atoms with Gasteiger partial charge in [0.15, 0.2) is 0 Å². The fourth-order valence-electron chi connectivity index (χ4n) is 1.81. The van der Waals surface area contributed by atoms with E-state index in [1.807, 2.05) is 30.3 Å². The molecule has 0 aliphatic rings. The first-order valence-corrected chi connectivity index (χ1v) is 6.74. The number of ether oxygens (including phenoxy) is 1. The molecule has 0 saturated carbocycles. The second-order valence-corrected chi connectivity index (χ2v) is 4.63. The van der Waals surface area contributed by atoms with E-state index in [0.29, 0.717) is 19.1 Å². The fourth-order valence-corrected chi connectivity index (χ4v) is 1.81. The van der Waals surface area contributed by atoms with Crippen molar-refractivity contribution in [2.24, 2.45) is 0 Å². The number of hydrogen-bond donors (Lipinski definition) is 1. The summed E-state index contributed by atoms with van der Waals surface area (Å²) >= 11 is 0. The van der Waals surface area contributed by atoms with Crippen LogP contribution in [0.1, 0.15) is 6.42 Å². The van der Waals surface area contributed by atoms with Crippen molar-refractivity contribution in [3.63, 3.8) is 0 Å². The minimum absolute atomic E-state index is 0.137. The monoisotopic (exact) mass is 303 g/mol. The van der Waals surface area contributed by atoms with Gasteiger partial charge < -0.3 is 15.4 Å². The molecule has 2 rings (SSSR count). The molecule has 0 atom stereocenters. The molecule has 8 heteroatoms. The van der Waals surface area contributed by atoms with Gasteiger partial charge >= 0.3 is 5.69 Å². The molecule has 2 aromatic rings. The van der Waals surface area contributed by atoms with E-state index in [1.165, 1.54) is 0 Å². The van der Waals surface area contributed by atoms with Crippen molar-refractivity contribution >= 4 is 17.5 Å². The van der Waals surface area contributed by atoms with Gasteiger partial charge in [0, 0.05) is 13.6 Å². The predicted molar refractivity (Wildman–Crippen MR) is 82.9 cm³/mol. The van der Waals surface area contributed by atoms with E-state index >= 15 is 0 Å². The van der Waals surface area contributed by atoms with E-state index in [4.69, 9.17) is 10.5 Å². The van der Waals surface area contributed by atoms with Crippen LogP contribution < -0.4 is 15.4 Å². The number of nitrogen functional groups attached to an aromatic ring is 1. The van der Waals surface area contributed by atoms with Crippen molar-refractivity contribution < 1.29 is 9.66 Å². The summed E-state index contributed by atoms with van der Waals surface area (Å²) in [4.78, 5) is 19.7. The number of nitrogens with zero attached hydrogens (tertiary/aromatic N) is 4. The summed E-state index contributed by atoms with van der Waals surface area (Å²) < 4.78 is 5.59. The van der Waals surface area contributed by atoms with Crippen LogP contribution in [0.25, 0.3) is 0 Å². The highest BCUT2D eigenvalue weighted by Crippen LogP contribution is 2.19. The molecular formula is C14H17N5O3. The minimum Gasteiger partial charge on any atom is -0.494 e. The van der Waals surface area contributed by atoms with Crippen LogP contribution in [0.15, 0.2) is 36.5 Å². The number of para-hydroxylation sites is 1. The molecule has 0 spiro atoms. The highest BCUT2D eigenvalue weighted by Gasteiger charge is 2.15. The zero-order valence-corrected chi connectivity index (χ0v) is 12.2. The van der Waals surface area contributed by atoms with E-state index in [2.05, 4.69) is 9.97 Å².